The van der Waals surface area contributed by atoms with Crippen LogP contribution in [0.25, 0.3) is 5.65 Å². The fraction of sp³-hybridized carbons (Fsp3) is 0.133. The molecule has 100 valence electrons. The maximum absolute atomic E-state index is 11.4. The van der Waals surface area contributed by atoms with Crippen molar-refractivity contribution in [3.05, 3.63) is 60.2 Å². The van der Waals surface area contributed by atoms with E-state index in [1.807, 2.05) is 54.7 Å². The molecule has 0 amide bonds. The van der Waals surface area contributed by atoms with Crippen molar-refractivity contribution >= 4 is 17.8 Å². The zero-order chi connectivity index (χ0) is 13.9. The number of imidazole rings is 1. The summed E-state index contributed by atoms with van der Waals surface area (Å²) in [7, 11) is 1.92. The van der Waals surface area contributed by atoms with Gasteiger partial charge in [0, 0.05) is 32.2 Å². The van der Waals surface area contributed by atoms with Crippen molar-refractivity contribution in [3.63, 3.8) is 0 Å². The van der Waals surface area contributed by atoms with Crippen LogP contribution in [-0.4, -0.2) is 27.7 Å². The molecule has 0 N–H and O–H groups in total. The summed E-state index contributed by atoms with van der Waals surface area (Å²) in [5.74, 6) is 0.676. The Balaban J connectivity index is 1.99. The summed E-state index contributed by atoms with van der Waals surface area (Å²) in [6, 6.07) is 9.57. The Morgan fingerprint density at radius 3 is 2.95 bits per heavy atom. The number of anilines is 1. The Kier molecular flexibility index (Phi) is 3.16. The molecule has 5 nitrogen and oxygen atoms in total. The molecule has 0 aliphatic carbocycles. The molecule has 5 heteroatoms. The summed E-state index contributed by atoms with van der Waals surface area (Å²) < 4.78 is 1.79. The molecule has 3 aromatic heterocycles. The quantitative estimate of drug-likeness (QED) is 0.679. The maximum Gasteiger partial charge on any atom is 0.170 e. The first-order valence-electron chi connectivity index (χ1n) is 6.32. The average molecular weight is 266 g/mol. The monoisotopic (exact) mass is 266 g/mol. The molecule has 0 radical (unpaired) electrons. The summed E-state index contributed by atoms with van der Waals surface area (Å²) in [4.78, 5) is 21.9. The highest BCUT2D eigenvalue weighted by Gasteiger charge is 2.15. The van der Waals surface area contributed by atoms with Gasteiger partial charge in [0.15, 0.2) is 12.1 Å². The van der Waals surface area contributed by atoms with Crippen molar-refractivity contribution in [1.82, 2.24) is 14.4 Å². The van der Waals surface area contributed by atoms with Crippen LogP contribution in [0.4, 0.5) is 5.82 Å². The van der Waals surface area contributed by atoms with Gasteiger partial charge >= 0.3 is 0 Å². The first-order chi connectivity index (χ1) is 9.79. The summed E-state index contributed by atoms with van der Waals surface area (Å²) in [6.45, 7) is 0.651. The number of hydrogen-bond donors (Lipinski definition) is 0. The van der Waals surface area contributed by atoms with Gasteiger partial charge in [0.1, 0.15) is 11.3 Å². The molecule has 3 heterocycles. The Morgan fingerprint density at radius 2 is 2.20 bits per heavy atom. The summed E-state index contributed by atoms with van der Waals surface area (Å²) in [6.07, 6.45) is 6.24. The second-order valence-corrected chi connectivity index (χ2v) is 4.58. The van der Waals surface area contributed by atoms with Crippen molar-refractivity contribution in [1.29, 1.82) is 0 Å². The maximum atomic E-state index is 11.4. The minimum Gasteiger partial charge on any atom is -0.353 e. The Labute approximate surface area is 116 Å². The highest BCUT2D eigenvalue weighted by Crippen LogP contribution is 2.20. The molecule has 0 aliphatic heterocycles. The van der Waals surface area contributed by atoms with E-state index in [2.05, 4.69) is 9.97 Å². The lowest BCUT2D eigenvalue weighted by Crippen LogP contribution is -2.18. The molecule has 3 aromatic rings. The van der Waals surface area contributed by atoms with E-state index in [1.54, 1.807) is 10.6 Å². The number of carbonyl (C=O) groups excluding carboxylic acids is 1. The van der Waals surface area contributed by atoms with Gasteiger partial charge in [-0.15, -0.1) is 0 Å². The van der Waals surface area contributed by atoms with E-state index in [0.29, 0.717) is 18.1 Å². The van der Waals surface area contributed by atoms with E-state index >= 15 is 0 Å². The predicted octanol–water partition coefficient (Wildman–Crippen LogP) is 2.18. The fourth-order valence-electron chi connectivity index (χ4n) is 2.23. The normalized spacial score (nSPS) is 10.7. The number of carbonyl (C=O) groups is 1. The highest BCUT2D eigenvalue weighted by molar-refractivity contribution is 5.83. The molecule has 0 saturated heterocycles. The number of nitrogens with zero attached hydrogens (tertiary/aromatic N) is 4. The van der Waals surface area contributed by atoms with Crippen LogP contribution in [0.2, 0.25) is 0 Å². The van der Waals surface area contributed by atoms with Crippen LogP contribution in [0, 0.1) is 0 Å². The van der Waals surface area contributed by atoms with Crippen LogP contribution < -0.4 is 4.90 Å². The average Bonchev–Trinajstić information content (AvgIpc) is 2.87. The van der Waals surface area contributed by atoms with Crippen LogP contribution in [0.5, 0.6) is 0 Å². The first kappa shape index (κ1) is 12.3. The third kappa shape index (κ3) is 2.14. The van der Waals surface area contributed by atoms with E-state index < -0.39 is 0 Å². The molecule has 0 bridgehead atoms. The topological polar surface area (TPSA) is 50.5 Å². The second-order valence-electron chi connectivity index (χ2n) is 4.58. The van der Waals surface area contributed by atoms with Crippen molar-refractivity contribution in [2.75, 3.05) is 11.9 Å². The third-order valence-corrected chi connectivity index (χ3v) is 3.16. The number of hydrogen-bond acceptors (Lipinski definition) is 4. The minimum absolute atomic E-state index is 0.562. The lowest BCUT2D eigenvalue weighted by atomic mass is 10.2. The molecule has 0 spiro atoms. The third-order valence-electron chi connectivity index (χ3n) is 3.16. The number of fused-ring (bicyclic) bond motifs is 1. The van der Waals surface area contributed by atoms with E-state index in [1.165, 1.54) is 0 Å². The summed E-state index contributed by atoms with van der Waals surface area (Å²) in [5, 5.41) is 0. The Hall–Kier alpha value is -2.69. The SMILES string of the molecule is CN(Cc1cccnc1)c1nc2ccccn2c1C=O. The Morgan fingerprint density at radius 1 is 1.30 bits per heavy atom. The van der Waals surface area contributed by atoms with Crippen LogP contribution in [-0.2, 0) is 6.54 Å². The standard InChI is InChI=1S/C15H14N4O/c1-18(10-12-5-4-7-16-9-12)15-13(11-20)19-8-3-2-6-14(19)17-15/h2-9,11H,10H2,1H3. The fourth-order valence-corrected chi connectivity index (χ4v) is 2.23. The molecule has 0 saturated carbocycles. The van der Waals surface area contributed by atoms with Crippen LogP contribution in [0.3, 0.4) is 0 Å². The number of rotatable bonds is 4. The van der Waals surface area contributed by atoms with E-state index in [-0.39, 0.29) is 0 Å². The van der Waals surface area contributed by atoms with Crippen LogP contribution >= 0.6 is 0 Å². The van der Waals surface area contributed by atoms with Crippen LogP contribution in [0.15, 0.2) is 48.9 Å². The van der Waals surface area contributed by atoms with Gasteiger partial charge in [-0.2, -0.15) is 0 Å². The molecule has 3 rings (SSSR count). The van der Waals surface area contributed by atoms with Crippen molar-refractivity contribution < 1.29 is 4.79 Å². The number of pyridine rings is 2. The second kappa shape index (κ2) is 5.13. The van der Waals surface area contributed by atoms with Crippen LogP contribution in [0.1, 0.15) is 16.1 Å². The first-order valence-corrected chi connectivity index (χ1v) is 6.32. The van der Waals surface area contributed by atoms with Crippen molar-refractivity contribution in [2.24, 2.45) is 0 Å². The molecule has 20 heavy (non-hydrogen) atoms. The van der Waals surface area contributed by atoms with Gasteiger partial charge < -0.3 is 4.90 Å². The van der Waals surface area contributed by atoms with Gasteiger partial charge in [0.25, 0.3) is 0 Å². The molecule has 0 aliphatic rings. The van der Waals surface area contributed by atoms with Crippen molar-refractivity contribution in [3.8, 4) is 0 Å². The highest BCUT2D eigenvalue weighted by atomic mass is 16.1. The van der Waals surface area contributed by atoms with Gasteiger partial charge in [0.2, 0.25) is 0 Å². The molecule has 0 fully saturated rings. The van der Waals surface area contributed by atoms with Gasteiger partial charge in [-0.05, 0) is 23.8 Å². The smallest absolute Gasteiger partial charge is 0.170 e. The molecular formula is C15H14N4O. The van der Waals surface area contributed by atoms with Gasteiger partial charge in [-0.1, -0.05) is 12.1 Å². The summed E-state index contributed by atoms with van der Waals surface area (Å²) >= 11 is 0. The largest absolute Gasteiger partial charge is 0.353 e. The van der Waals surface area contributed by atoms with E-state index in [4.69, 9.17) is 0 Å². The Bertz CT molecular complexity index is 736. The number of aromatic nitrogens is 3. The molecular weight excluding hydrogens is 252 g/mol. The minimum atomic E-state index is 0.562. The lowest BCUT2D eigenvalue weighted by molar-refractivity contribution is 0.111. The lowest BCUT2D eigenvalue weighted by Gasteiger charge is -2.16. The molecule has 0 atom stereocenters. The number of aldehydes is 1. The van der Waals surface area contributed by atoms with Crippen molar-refractivity contribution in [2.45, 2.75) is 6.54 Å². The van der Waals surface area contributed by atoms with E-state index in [9.17, 15) is 4.79 Å². The van der Waals surface area contributed by atoms with E-state index in [0.717, 1.165) is 17.5 Å². The van der Waals surface area contributed by atoms with Gasteiger partial charge in [-0.25, -0.2) is 4.98 Å². The van der Waals surface area contributed by atoms with Gasteiger partial charge in [0.05, 0.1) is 0 Å². The predicted molar refractivity (Wildman–Crippen MR) is 76.9 cm³/mol. The zero-order valence-corrected chi connectivity index (χ0v) is 11.1. The molecule has 0 unspecified atom stereocenters. The summed E-state index contributed by atoms with van der Waals surface area (Å²) in [5.41, 5.74) is 2.40. The van der Waals surface area contributed by atoms with Gasteiger partial charge in [-0.3, -0.25) is 14.2 Å². The zero-order valence-electron chi connectivity index (χ0n) is 11.1. The molecule has 0 aromatic carbocycles.